The van der Waals surface area contributed by atoms with E-state index in [2.05, 4.69) is 22.4 Å². The summed E-state index contributed by atoms with van der Waals surface area (Å²) in [6.45, 7) is 1.74. The maximum atomic E-state index is 12.5. The van der Waals surface area contributed by atoms with E-state index in [1.54, 1.807) is 0 Å². The zero-order valence-electron chi connectivity index (χ0n) is 12.3. The van der Waals surface area contributed by atoms with Crippen molar-refractivity contribution in [1.29, 1.82) is 0 Å². The van der Waals surface area contributed by atoms with Gasteiger partial charge in [0.2, 0.25) is 5.91 Å². The van der Waals surface area contributed by atoms with Gasteiger partial charge in [-0.05, 0) is 39.3 Å². The third-order valence-corrected chi connectivity index (χ3v) is 4.91. The molecule has 0 spiro atoms. The average molecular weight is 282 g/mol. The molecule has 20 heavy (non-hydrogen) atoms. The Balaban J connectivity index is 1.95. The summed E-state index contributed by atoms with van der Waals surface area (Å²) in [6, 6.07) is 0.401. The number of hydrogen-bond donors (Lipinski definition) is 3. The van der Waals surface area contributed by atoms with Crippen molar-refractivity contribution in [3.05, 3.63) is 0 Å². The Hall–Kier alpha value is -1.30. The number of nitrogens with two attached hydrogens (primary N) is 1. The maximum absolute atomic E-state index is 12.5. The van der Waals surface area contributed by atoms with Crippen LogP contribution >= 0.6 is 0 Å². The largest absolute Gasteiger partial charge is 0.409 e. The smallest absolute Gasteiger partial charge is 0.234 e. The van der Waals surface area contributed by atoms with E-state index in [1.165, 1.54) is 12.8 Å². The SMILES string of the molecule is CN1CCCCC1CNC(=O)C1(C(N)=NO)CCCC1. The van der Waals surface area contributed by atoms with Crippen LogP contribution in [-0.2, 0) is 4.79 Å². The Labute approximate surface area is 120 Å². The van der Waals surface area contributed by atoms with Crippen LogP contribution in [0.4, 0.5) is 0 Å². The molecule has 0 aromatic heterocycles. The highest BCUT2D eigenvalue weighted by atomic mass is 16.4. The van der Waals surface area contributed by atoms with Crippen LogP contribution in [0, 0.1) is 5.41 Å². The summed E-state index contributed by atoms with van der Waals surface area (Å²) in [5.41, 5.74) is 4.99. The number of carbonyl (C=O) groups excluding carboxylic acids is 1. The molecule has 2 aliphatic rings. The zero-order chi connectivity index (χ0) is 14.6. The maximum Gasteiger partial charge on any atom is 0.234 e. The van der Waals surface area contributed by atoms with Gasteiger partial charge in [0, 0.05) is 12.6 Å². The number of nitrogens with zero attached hydrogens (tertiary/aromatic N) is 2. The van der Waals surface area contributed by atoms with Gasteiger partial charge in [-0.1, -0.05) is 24.4 Å². The number of nitrogens with one attached hydrogen (secondary N) is 1. The predicted octanol–water partition coefficient (Wildman–Crippen LogP) is 0.894. The third kappa shape index (κ3) is 2.90. The minimum Gasteiger partial charge on any atom is -0.409 e. The Kier molecular flexibility index (Phi) is 4.86. The van der Waals surface area contributed by atoms with Gasteiger partial charge in [0.25, 0.3) is 0 Å². The highest BCUT2D eigenvalue weighted by Crippen LogP contribution is 2.38. The lowest BCUT2D eigenvalue weighted by Crippen LogP contribution is -2.52. The molecule has 1 unspecified atom stereocenters. The van der Waals surface area contributed by atoms with Crippen molar-refractivity contribution in [3.63, 3.8) is 0 Å². The highest BCUT2D eigenvalue weighted by Gasteiger charge is 2.45. The van der Waals surface area contributed by atoms with Gasteiger partial charge in [0.05, 0.1) is 0 Å². The first-order chi connectivity index (χ1) is 9.60. The molecule has 0 aromatic carbocycles. The number of piperidine rings is 1. The van der Waals surface area contributed by atoms with Crippen LogP contribution in [0.15, 0.2) is 5.16 Å². The van der Waals surface area contributed by atoms with Crippen molar-refractivity contribution in [2.45, 2.75) is 51.0 Å². The lowest BCUT2D eigenvalue weighted by molar-refractivity contribution is -0.127. The molecule has 1 aliphatic carbocycles. The van der Waals surface area contributed by atoms with Gasteiger partial charge >= 0.3 is 0 Å². The summed E-state index contributed by atoms with van der Waals surface area (Å²) in [7, 11) is 2.10. The van der Waals surface area contributed by atoms with E-state index in [-0.39, 0.29) is 11.7 Å². The summed E-state index contributed by atoms with van der Waals surface area (Å²) >= 11 is 0. The Morgan fingerprint density at radius 3 is 2.70 bits per heavy atom. The molecule has 1 aliphatic heterocycles. The number of likely N-dealkylation sites (tertiary alicyclic amines) is 1. The summed E-state index contributed by atoms with van der Waals surface area (Å²) in [4.78, 5) is 14.8. The van der Waals surface area contributed by atoms with Crippen LogP contribution in [0.3, 0.4) is 0 Å². The van der Waals surface area contributed by atoms with Crippen LogP contribution in [0.5, 0.6) is 0 Å². The zero-order valence-corrected chi connectivity index (χ0v) is 12.3. The molecule has 2 rings (SSSR count). The van der Waals surface area contributed by atoms with E-state index in [1.807, 2.05) is 0 Å². The third-order valence-electron chi connectivity index (χ3n) is 4.91. The summed E-state index contributed by atoms with van der Waals surface area (Å²) in [5.74, 6) is -0.0197. The average Bonchev–Trinajstić information content (AvgIpc) is 2.96. The van der Waals surface area contributed by atoms with Crippen molar-refractivity contribution in [3.8, 4) is 0 Å². The van der Waals surface area contributed by atoms with E-state index >= 15 is 0 Å². The standard InChI is InChI=1S/C14H26N4O2/c1-18-9-5-2-6-11(18)10-16-13(19)14(12(15)17-20)7-3-4-8-14/h11,20H,2-10H2,1H3,(H2,15,17)(H,16,19). The van der Waals surface area contributed by atoms with Gasteiger partial charge in [0.1, 0.15) is 5.41 Å². The molecule has 1 atom stereocenters. The van der Waals surface area contributed by atoms with Gasteiger partial charge in [-0.2, -0.15) is 0 Å². The Morgan fingerprint density at radius 2 is 2.10 bits per heavy atom. The minimum atomic E-state index is -0.790. The van der Waals surface area contributed by atoms with Crippen molar-refractivity contribution < 1.29 is 10.0 Å². The second kappa shape index (κ2) is 6.43. The van der Waals surface area contributed by atoms with E-state index in [0.717, 1.165) is 25.8 Å². The van der Waals surface area contributed by atoms with Crippen LogP contribution in [0.25, 0.3) is 0 Å². The first-order valence-corrected chi connectivity index (χ1v) is 7.57. The minimum absolute atomic E-state index is 0.0597. The molecule has 0 bridgehead atoms. The van der Waals surface area contributed by atoms with Crippen LogP contribution in [0.2, 0.25) is 0 Å². The van der Waals surface area contributed by atoms with Gasteiger partial charge in [-0.25, -0.2) is 0 Å². The highest BCUT2D eigenvalue weighted by molar-refractivity contribution is 6.07. The first kappa shape index (κ1) is 15.1. The fraction of sp³-hybridized carbons (Fsp3) is 0.857. The summed E-state index contributed by atoms with van der Waals surface area (Å²) in [6.07, 6.45) is 6.82. The molecular formula is C14H26N4O2. The van der Waals surface area contributed by atoms with Gasteiger partial charge < -0.3 is 21.2 Å². The number of oxime groups is 1. The van der Waals surface area contributed by atoms with Gasteiger partial charge in [-0.15, -0.1) is 0 Å². The van der Waals surface area contributed by atoms with Crippen LogP contribution in [0.1, 0.15) is 44.9 Å². The van der Waals surface area contributed by atoms with Crippen molar-refractivity contribution in [2.75, 3.05) is 20.1 Å². The first-order valence-electron chi connectivity index (χ1n) is 7.57. The molecule has 6 nitrogen and oxygen atoms in total. The second-order valence-corrected chi connectivity index (χ2v) is 6.11. The number of rotatable bonds is 4. The van der Waals surface area contributed by atoms with Crippen molar-refractivity contribution in [2.24, 2.45) is 16.3 Å². The lowest BCUT2D eigenvalue weighted by atomic mass is 9.83. The summed E-state index contributed by atoms with van der Waals surface area (Å²) < 4.78 is 0. The molecule has 4 N–H and O–H groups in total. The van der Waals surface area contributed by atoms with Crippen molar-refractivity contribution >= 4 is 11.7 Å². The number of likely N-dealkylation sites (N-methyl/N-ethyl adjacent to an activating group) is 1. The number of amides is 1. The topological polar surface area (TPSA) is 91.0 Å². The molecule has 114 valence electrons. The van der Waals surface area contributed by atoms with Gasteiger partial charge in [0.15, 0.2) is 5.84 Å². The van der Waals surface area contributed by atoms with Gasteiger partial charge in [-0.3, -0.25) is 4.79 Å². The molecular weight excluding hydrogens is 256 g/mol. The van der Waals surface area contributed by atoms with E-state index in [9.17, 15) is 4.79 Å². The lowest BCUT2D eigenvalue weighted by Gasteiger charge is -2.34. The molecule has 6 heteroatoms. The fourth-order valence-corrected chi connectivity index (χ4v) is 3.46. The fourth-order valence-electron chi connectivity index (χ4n) is 3.46. The molecule has 0 aromatic rings. The predicted molar refractivity (Wildman–Crippen MR) is 77.6 cm³/mol. The number of hydrogen-bond acceptors (Lipinski definition) is 4. The quantitative estimate of drug-likeness (QED) is 0.309. The van der Waals surface area contributed by atoms with E-state index < -0.39 is 5.41 Å². The van der Waals surface area contributed by atoms with E-state index in [4.69, 9.17) is 10.9 Å². The van der Waals surface area contributed by atoms with Crippen LogP contribution in [-0.4, -0.2) is 48.0 Å². The van der Waals surface area contributed by atoms with E-state index in [0.29, 0.717) is 25.4 Å². The molecule has 1 saturated heterocycles. The molecule has 1 heterocycles. The monoisotopic (exact) mass is 282 g/mol. The second-order valence-electron chi connectivity index (χ2n) is 6.11. The molecule has 1 saturated carbocycles. The molecule has 0 radical (unpaired) electrons. The van der Waals surface area contributed by atoms with Crippen molar-refractivity contribution in [1.82, 2.24) is 10.2 Å². The Morgan fingerprint density at radius 1 is 1.40 bits per heavy atom. The normalized spacial score (nSPS) is 27.4. The summed E-state index contributed by atoms with van der Waals surface area (Å²) in [5, 5.41) is 15.1. The Bertz CT molecular complexity index is 377. The molecule has 1 amide bonds. The number of carbonyl (C=O) groups is 1. The molecule has 2 fully saturated rings. The number of amidine groups is 1. The van der Waals surface area contributed by atoms with Crippen LogP contribution < -0.4 is 11.1 Å².